The van der Waals surface area contributed by atoms with Gasteiger partial charge in [0.1, 0.15) is 11.6 Å². The predicted octanol–water partition coefficient (Wildman–Crippen LogP) is 2.63. The standard InChI is InChI=1S/C20H22FN5O3/c1-3-17-23-24-20(29-17)26-10-8-25(9-11-26)18(27)12-16-13(2)28-19(22-16)14-4-6-15(21)7-5-14/h4-7H,3,8-12H2,1-2H3. The first kappa shape index (κ1) is 19.1. The van der Waals surface area contributed by atoms with Crippen molar-refractivity contribution in [3.8, 4) is 11.5 Å². The van der Waals surface area contributed by atoms with Crippen LogP contribution in [0.1, 0.15) is 24.3 Å². The molecule has 0 spiro atoms. The van der Waals surface area contributed by atoms with Gasteiger partial charge in [-0.25, -0.2) is 9.37 Å². The molecule has 29 heavy (non-hydrogen) atoms. The van der Waals surface area contributed by atoms with Crippen LogP contribution in [0, 0.1) is 12.7 Å². The number of oxazole rings is 1. The minimum absolute atomic E-state index is 0.00789. The van der Waals surface area contributed by atoms with E-state index < -0.39 is 0 Å². The molecule has 1 aliphatic rings. The lowest BCUT2D eigenvalue weighted by molar-refractivity contribution is -0.130. The summed E-state index contributed by atoms with van der Waals surface area (Å²) < 4.78 is 24.4. The summed E-state index contributed by atoms with van der Waals surface area (Å²) in [7, 11) is 0. The Balaban J connectivity index is 1.37. The molecule has 0 aliphatic carbocycles. The summed E-state index contributed by atoms with van der Waals surface area (Å²) in [5.74, 6) is 1.26. The van der Waals surface area contributed by atoms with Crippen LogP contribution in [-0.2, 0) is 17.6 Å². The zero-order valence-electron chi connectivity index (χ0n) is 16.4. The smallest absolute Gasteiger partial charge is 0.318 e. The second-order valence-corrected chi connectivity index (χ2v) is 6.91. The highest BCUT2D eigenvalue weighted by Gasteiger charge is 2.25. The molecule has 0 saturated carbocycles. The second-order valence-electron chi connectivity index (χ2n) is 6.91. The number of hydrogen-bond donors (Lipinski definition) is 0. The van der Waals surface area contributed by atoms with E-state index in [0.717, 1.165) is 0 Å². The van der Waals surface area contributed by atoms with Gasteiger partial charge in [0.15, 0.2) is 0 Å². The molecule has 0 bridgehead atoms. The molecule has 3 heterocycles. The number of benzene rings is 1. The third-order valence-electron chi connectivity index (χ3n) is 4.96. The van der Waals surface area contributed by atoms with Crippen LogP contribution in [0.4, 0.5) is 10.4 Å². The van der Waals surface area contributed by atoms with Crippen molar-refractivity contribution in [1.82, 2.24) is 20.1 Å². The SMILES string of the molecule is CCc1nnc(N2CCN(C(=O)Cc3nc(-c4ccc(F)cc4)oc3C)CC2)o1. The zero-order chi connectivity index (χ0) is 20.4. The number of rotatable bonds is 5. The number of anilines is 1. The summed E-state index contributed by atoms with van der Waals surface area (Å²) in [5, 5.41) is 8.04. The highest BCUT2D eigenvalue weighted by molar-refractivity contribution is 5.79. The van der Waals surface area contributed by atoms with Crippen LogP contribution in [0.15, 0.2) is 33.1 Å². The van der Waals surface area contributed by atoms with Gasteiger partial charge in [0.2, 0.25) is 17.7 Å². The van der Waals surface area contributed by atoms with E-state index in [0.29, 0.717) is 67.4 Å². The van der Waals surface area contributed by atoms with Crippen LogP contribution in [0.25, 0.3) is 11.5 Å². The van der Waals surface area contributed by atoms with Crippen molar-refractivity contribution in [2.75, 3.05) is 31.1 Å². The van der Waals surface area contributed by atoms with Crippen LogP contribution in [0.2, 0.25) is 0 Å². The monoisotopic (exact) mass is 399 g/mol. The van der Waals surface area contributed by atoms with Crippen LogP contribution in [-0.4, -0.2) is 52.2 Å². The Morgan fingerprint density at radius 3 is 2.48 bits per heavy atom. The molecule has 1 amide bonds. The maximum absolute atomic E-state index is 13.1. The molecule has 9 heteroatoms. The predicted molar refractivity (Wildman–Crippen MR) is 103 cm³/mol. The second kappa shape index (κ2) is 8.02. The zero-order valence-corrected chi connectivity index (χ0v) is 16.4. The summed E-state index contributed by atoms with van der Waals surface area (Å²) in [6.07, 6.45) is 0.861. The lowest BCUT2D eigenvalue weighted by Gasteiger charge is -2.33. The molecular weight excluding hydrogens is 377 g/mol. The number of carbonyl (C=O) groups excluding carboxylic acids is 1. The molecule has 1 aromatic carbocycles. The number of aryl methyl sites for hydroxylation is 2. The van der Waals surface area contributed by atoms with Gasteiger partial charge >= 0.3 is 6.01 Å². The van der Waals surface area contributed by atoms with Gasteiger partial charge in [-0.1, -0.05) is 12.0 Å². The molecule has 1 fully saturated rings. The summed E-state index contributed by atoms with van der Waals surface area (Å²) in [6, 6.07) is 6.42. The number of piperazine rings is 1. The fraction of sp³-hybridized carbons (Fsp3) is 0.400. The van der Waals surface area contributed by atoms with E-state index in [4.69, 9.17) is 8.83 Å². The quantitative estimate of drug-likeness (QED) is 0.652. The molecule has 8 nitrogen and oxygen atoms in total. The largest absolute Gasteiger partial charge is 0.441 e. The van der Waals surface area contributed by atoms with Crippen molar-refractivity contribution >= 4 is 11.9 Å². The summed E-state index contributed by atoms with van der Waals surface area (Å²) in [6.45, 7) is 6.16. The van der Waals surface area contributed by atoms with Crippen LogP contribution in [0.5, 0.6) is 0 Å². The van der Waals surface area contributed by atoms with Crippen molar-refractivity contribution < 1.29 is 18.0 Å². The molecule has 152 valence electrons. The Morgan fingerprint density at radius 1 is 1.10 bits per heavy atom. The molecule has 3 aromatic rings. The first-order chi connectivity index (χ1) is 14.0. The summed E-state index contributed by atoms with van der Waals surface area (Å²) in [4.78, 5) is 21.0. The van der Waals surface area contributed by atoms with Gasteiger partial charge in [-0.05, 0) is 31.2 Å². The van der Waals surface area contributed by atoms with Crippen LogP contribution >= 0.6 is 0 Å². The highest BCUT2D eigenvalue weighted by atomic mass is 19.1. The third kappa shape index (κ3) is 4.13. The Hall–Kier alpha value is -3.23. The van der Waals surface area contributed by atoms with Gasteiger partial charge in [0.25, 0.3) is 0 Å². The lowest BCUT2D eigenvalue weighted by atomic mass is 10.2. The summed E-state index contributed by atoms with van der Waals surface area (Å²) >= 11 is 0. The first-order valence-electron chi connectivity index (χ1n) is 9.61. The van der Waals surface area contributed by atoms with Gasteiger partial charge in [0.05, 0.1) is 12.1 Å². The van der Waals surface area contributed by atoms with E-state index in [-0.39, 0.29) is 18.1 Å². The minimum Gasteiger partial charge on any atom is -0.441 e. The molecule has 0 atom stereocenters. The van der Waals surface area contributed by atoms with Gasteiger partial charge in [0, 0.05) is 38.2 Å². The third-order valence-corrected chi connectivity index (χ3v) is 4.96. The normalized spacial score (nSPS) is 14.4. The fourth-order valence-corrected chi connectivity index (χ4v) is 3.23. The summed E-state index contributed by atoms with van der Waals surface area (Å²) in [5.41, 5.74) is 1.27. The van der Waals surface area contributed by atoms with Crippen molar-refractivity contribution in [2.45, 2.75) is 26.7 Å². The molecular formula is C20H22FN5O3. The highest BCUT2D eigenvalue weighted by Crippen LogP contribution is 2.23. The number of aromatic nitrogens is 3. The Labute approximate surface area is 167 Å². The minimum atomic E-state index is -0.321. The van der Waals surface area contributed by atoms with Gasteiger partial charge in [-0.3, -0.25) is 4.79 Å². The lowest BCUT2D eigenvalue weighted by Crippen LogP contribution is -2.49. The van der Waals surface area contributed by atoms with Crippen molar-refractivity contribution in [1.29, 1.82) is 0 Å². The van der Waals surface area contributed by atoms with E-state index in [1.165, 1.54) is 12.1 Å². The topological polar surface area (TPSA) is 88.5 Å². The van der Waals surface area contributed by atoms with E-state index >= 15 is 0 Å². The number of nitrogens with zero attached hydrogens (tertiary/aromatic N) is 5. The van der Waals surface area contributed by atoms with E-state index in [9.17, 15) is 9.18 Å². The molecule has 1 aliphatic heterocycles. The molecule has 0 unspecified atom stereocenters. The molecule has 4 rings (SSSR count). The van der Waals surface area contributed by atoms with Gasteiger partial charge < -0.3 is 18.6 Å². The Bertz CT molecular complexity index is 990. The maximum Gasteiger partial charge on any atom is 0.318 e. The molecule has 1 saturated heterocycles. The first-order valence-corrected chi connectivity index (χ1v) is 9.61. The fourth-order valence-electron chi connectivity index (χ4n) is 3.23. The molecule has 0 radical (unpaired) electrons. The van der Waals surface area contributed by atoms with Crippen LogP contribution < -0.4 is 4.90 Å². The van der Waals surface area contributed by atoms with Crippen molar-refractivity contribution in [3.05, 3.63) is 47.4 Å². The van der Waals surface area contributed by atoms with Gasteiger partial charge in [-0.15, -0.1) is 5.10 Å². The molecule has 2 aromatic heterocycles. The van der Waals surface area contributed by atoms with E-state index in [1.54, 1.807) is 24.0 Å². The van der Waals surface area contributed by atoms with Gasteiger partial charge in [-0.2, -0.15) is 0 Å². The average molecular weight is 399 g/mol. The van der Waals surface area contributed by atoms with Crippen molar-refractivity contribution in [2.24, 2.45) is 0 Å². The average Bonchev–Trinajstić information content (AvgIpc) is 3.36. The van der Waals surface area contributed by atoms with Crippen molar-refractivity contribution in [3.63, 3.8) is 0 Å². The number of carbonyl (C=O) groups is 1. The Kier molecular flexibility index (Phi) is 5.28. The number of halogens is 1. The number of amides is 1. The van der Waals surface area contributed by atoms with Crippen LogP contribution in [0.3, 0.4) is 0 Å². The number of hydrogen-bond acceptors (Lipinski definition) is 7. The molecule has 0 N–H and O–H groups in total. The Morgan fingerprint density at radius 2 is 1.83 bits per heavy atom. The van der Waals surface area contributed by atoms with E-state index in [1.807, 2.05) is 11.8 Å². The maximum atomic E-state index is 13.1. The van der Waals surface area contributed by atoms with E-state index in [2.05, 4.69) is 15.2 Å².